The molecule has 1 aromatic carbocycles. The van der Waals surface area contributed by atoms with Gasteiger partial charge in [-0.3, -0.25) is 9.69 Å². The predicted octanol–water partition coefficient (Wildman–Crippen LogP) is 2.49. The summed E-state index contributed by atoms with van der Waals surface area (Å²) in [4.78, 5) is 14.7. The highest BCUT2D eigenvalue weighted by Crippen LogP contribution is 2.16. The Hall–Kier alpha value is -2.34. The Morgan fingerprint density at radius 3 is 2.80 bits per heavy atom. The molecule has 3 rings (SSSR count). The average molecular weight is 342 g/mol. The first-order chi connectivity index (χ1) is 12.2. The van der Waals surface area contributed by atoms with Crippen molar-refractivity contribution in [2.24, 2.45) is 0 Å². The Morgan fingerprint density at radius 1 is 1.28 bits per heavy atom. The van der Waals surface area contributed by atoms with E-state index in [-0.39, 0.29) is 5.91 Å². The second kappa shape index (κ2) is 8.16. The van der Waals surface area contributed by atoms with Crippen molar-refractivity contribution in [2.45, 2.75) is 32.2 Å². The summed E-state index contributed by atoms with van der Waals surface area (Å²) in [5.41, 5.74) is 1.32. The van der Waals surface area contributed by atoms with E-state index in [0.29, 0.717) is 18.3 Å². The second-order valence-electron chi connectivity index (χ2n) is 6.48. The van der Waals surface area contributed by atoms with Crippen molar-refractivity contribution in [1.29, 1.82) is 0 Å². The Labute approximate surface area is 148 Å². The Morgan fingerprint density at radius 2 is 2.08 bits per heavy atom. The number of hydrogen-bond donors (Lipinski definition) is 1. The van der Waals surface area contributed by atoms with E-state index in [1.807, 2.05) is 24.3 Å². The molecule has 134 valence electrons. The van der Waals surface area contributed by atoms with Crippen LogP contribution in [0.25, 0.3) is 5.69 Å². The van der Waals surface area contributed by atoms with Crippen LogP contribution in [0.1, 0.15) is 36.7 Å². The maximum atomic E-state index is 12.3. The van der Waals surface area contributed by atoms with Crippen molar-refractivity contribution in [2.75, 3.05) is 26.7 Å². The smallest absolute Gasteiger partial charge is 0.271 e. The number of hydrogen-bond acceptors (Lipinski definition) is 4. The fraction of sp³-hybridized carbons (Fsp3) is 0.474. The van der Waals surface area contributed by atoms with E-state index in [1.165, 1.54) is 19.3 Å². The van der Waals surface area contributed by atoms with Crippen LogP contribution in [0.2, 0.25) is 0 Å². The molecule has 2 heterocycles. The average Bonchev–Trinajstić information content (AvgIpc) is 3.13. The van der Waals surface area contributed by atoms with Crippen molar-refractivity contribution >= 4 is 5.91 Å². The van der Waals surface area contributed by atoms with Gasteiger partial charge in [-0.25, -0.2) is 4.68 Å². The Bertz CT molecular complexity index is 696. The lowest BCUT2D eigenvalue weighted by Gasteiger charge is -2.33. The van der Waals surface area contributed by atoms with Gasteiger partial charge in [0.2, 0.25) is 0 Å². The molecule has 0 radical (unpaired) electrons. The quantitative estimate of drug-likeness (QED) is 0.876. The highest BCUT2D eigenvalue weighted by atomic mass is 16.5. The minimum Gasteiger partial charge on any atom is -0.497 e. The van der Waals surface area contributed by atoms with Crippen LogP contribution in [0, 0.1) is 0 Å². The minimum atomic E-state index is -0.128. The van der Waals surface area contributed by atoms with Gasteiger partial charge in [0.15, 0.2) is 5.69 Å². The topological polar surface area (TPSA) is 59.4 Å². The van der Waals surface area contributed by atoms with E-state index >= 15 is 0 Å². The summed E-state index contributed by atoms with van der Waals surface area (Å²) in [5.74, 6) is 0.665. The number of carbonyl (C=O) groups excluding carboxylic acids is 1. The number of methoxy groups -OCH3 is 1. The minimum absolute atomic E-state index is 0.128. The third-order valence-corrected chi connectivity index (χ3v) is 4.78. The Kier molecular flexibility index (Phi) is 5.71. The number of ether oxygens (including phenoxy) is 1. The van der Waals surface area contributed by atoms with Gasteiger partial charge in [-0.05, 0) is 56.6 Å². The molecule has 0 unspecified atom stereocenters. The van der Waals surface area contributed by atoms with Gasteiger partial charge in [-0.1, -0.05) is 6.42 Å². The molecule has 0 bridgehead atoms. The number of piperidine rings is 1. The van der Waals surface area contributed by atoms with Gasteiger partial charge in [0.1, 0.15) is 5.75 Å². The fourth-order valence-electron chi connectivity index (χ4n) is 3.22. The van der Waals surface area contributed by atoms with Gasteiger partial charge in [-0.15, -0.1) is 0 Å². The van der Waals surface area contributed by atoms with Gasteiger partial charge in [0, 0.05) is 25.3 Å². The van der Waals surface area contributed by atoms with E-state index in [1.54, 1.807) is 24.1 Å². The van der Waals surface area contributed by atoms with Crippen molar-refractivity contribution in [3.05, 3.63) is 42.2 Å². The van der Waals surface area contributed by atoms with Crippen LogP contribution in [-0.4, -0.2) is 53.4 Å². The van der Waals surface area contributed by atoms with Crippen LogP contribution in [0.5, 0.6) is 5.75 Å². The molecule has 0 aliphatic carbocycles. The third-order valence-electron chi connectivity index (χ3n) is 4.78. The lowest BCUT2D eigenvalue weighted by molar-refractivity contribution is 0.0933. The summed E-state index contributed by atoms with van der Waals surface area (Å²) in [6.45, 7) is 4.94. The van der Waals surface area contributed by atoms with Crippen LogP contribution in [0.4, 0.5) is 0 Å². The molecule has 1 amide bonds. The Balaban J connectivity index is 1.53. The van der Waals surface area contributed by atoms with Crippen LogP contribution >= 0.6 is 0 Å². The summed E-state index contributed by atoms with van der Waals surface area (Å²) >= 11 is 0. The molecule has 6 nitrogen and oxygen atoms in total. The van der Waals surface area contributed by atoms with E-state index < -0.39 is 0 Å². The second-order valence-corrected chi connectivity index (χ2v) is 6.48. The number of benzene rings is 1. The molecule has 1 aromatic heterocycles. The number of nitrogens with one attached hydrogen (secondary N) is 1. The fourth-order valence-corrected chi connectivity index (χ4v) is 3.22. The van der Waals surface area contributed by atoms with Gasteiger partial charge in [-0.2, -0.15) is 5.10 Å². The normalized spacial score (nSPS) is 18.1. The van der Waals surface area contributed by atoms with Crippen LogP contribution in [-0.2, 0) is 0 Å². The number of aromatic nitrogens is 2. The lowest BCUT2D eigenvalue weighted by Crippen LogP contribution is -2.42. The lowest BCUT2D eigenvalue weighted by atomic mass is 10.0. The van der Waals surface area contributed by atoms with E-state index in [0.717, 1.165) is 24.5 Å². The zero-order chi connectivity index (χ0) is 17.6. The number of likely N-dealkylation sites (tertiary alicyclic amines) is 1. The molecule has 25 heavy (non-hydrogen) atoms. The van der Waals surface area contributed by atoms with Crippen molar-refractivity contribution in [3.8, 4) is 11.4 Å². The van der Waals surface area contributed by atoms with E-state index in [2.05, 4.69) is 22.2 Å². The summed E-state index contributed by atoms with van der Waals surface area (Å²) in [5, 5.41) is 7.34. The molecule has 1 fully saturated rings. The molecule has 0 spiro atoms. The van der Waals surface area contributed by atoms with Crippen molar-refractivity contribution < 1.29 is 9.53 Å². The summed E-state index contributed by atoms with van der Waals surface area (Å²) in [6.07, 6.45) is 5.61. The summed E-state index contributed by atoms with van der Waals surface area (Å²) in [6, 6.07) is 9.91. The van der Waals surface area contributed by atoms with Gasteiger partial charge >= 0.3 is 0 Å². The van der Waals surface area contributed by atoms with Crippen molar-refractivity contribution in [1.82, 2.24) is 20.0 Å². The van der Waals surface area contributed by atoms with Gasteiger partial charge in [0.25, 0.3) is 5.91 Å². The maximum Gasteiger partial charge on any atom is 0.271 e. The monoisotopic (exact) mass is 342 g/mol. The van der Waals surface area contributed by atoms with Crippen LogP contribution in [0.3, 0.4) is 0 Å². The molecular weight excluding hydrogens is 316 g/mol. The molecule has 6 heteroatoms. The van der Waals surface area contributed by atoms with Crippen LogP contribution < -0.4 is 10.1 Å². The zero-order valence-corrected chi connectivity index (χ0v) is 14.9. The highest BCUT2D eigenvalue weighted by molar-refractivity contribution is 5.92. The van der Waals surface area contributed by atoms with E-state index in [4.69, 9.17) is 4.74 Å². The highest BCUT2D eigenvalue weighted by Gasteiger charge is 2.18. The number of carbonyl (C=O) groups is 1. The molecule has 1 saturated heterocycles. The van der Waals surface area contributed by atoms with Gasteiger partial charge in [0.05, 0.1) is 12.8 Å². The first-order valence-corrected chi connectivity index (χ1v) is 8.90. The molecular formula is C19H26N4O2. The predicted molar refractivity (Wildman–Crippen MR) is 97.3 cm³/mol. The number of amides is 1. The molecule has 0 saturated carbocycles. The first kappa shape index (κ1) is 17.5. The molecule has 1 aliphatic rings. The van der Waals surface area contributed by atoms with E-state index in [9.17, 15) is 4.79 Å². The standard InChI is InChI=1S/C19H26N4O2/c1-15-5-3-4-12-22(15)14-11-20-19(24)18-10-13-23(21-18)16-6-8-17(25-2)9-7-16/h6-10,13,15H,3-5,11-12,14H2,1-2H3,(H,20,24)/t15-/m0/s1. The molecule has 1 N–H and O–H groups in total. The largest absolute Gasteiger partial charge is 0.497 e. The zero-order valence-electron chi connectivity index (χ0n) is 14.9. The molecule has 1 aliphatic heterocycles. The van der Waals surface area contributed by atoms with Crippen LogP contribution in [0.15, 0.2) is 36.5 Å². The summed E-state index contributed by atoms with van der Waals surface area (Å²) < 4.78 is 6.85. The summed E-state index contributed by atoms with van der Waals surface area (Å²) in [7, 11) is 1.63. The van der Waals surface area contributed by atoms with Gasteiger partial charge < -0.3 is 10.1 Å². The maximum absolute atomic E-state index is 12.3. The third kappa shape index (κ3) is 4.39. The first-order valence-electron chi connectivity index (χ1n) is 8.90. The number of rotatable bonds is 6. The number of nitrogens with zero attached hydrogens (tertiary/aromatic N) is 3. The SMILES string of the molecule is COc1ccc(-n2ccc(C(=O)NCCN3CCCC[C@@H]3C)n2)cc1. The van der Waals surface area contributed by atoms with Crippen molar-refractivity contribution in [3.63, 3.8) is 0 Å². The molecule has 2 aromatic rings. The molecule has 1 atom stereocenters.